The number of fused-ring (bicyclic) bond motifs is 1. The van der Waals surface area contributed by atoms with Gasteiger partial charge in [-0.05, 0) is 114 Å². The highest BCUT2D eigenvalue weighted by atomic mass is 16.7. The molecule has 3 heterocycles. The van der Waals surface area contributed by atoms with Crippen LogP contribution in [0.4, 0.5) is 22.7 Å². The molecule has 0 radical (unpaired) electrons. The van der Waals surface area contributed by atoms with Crippen LogP contribution in [-0.4, -0.2) is 159 Å². The highest BCUT2D eigenvalue weighted by Crippen LogP contribution is 2.35. The van der Waals surface area contributed by atoms with E-state index in [1.807, 2.05) is 81.4 Å². The van der Waals surface area contributed by atoms with Crippen LogP contribution in [0.3, 0.4) is 0 Å². The highest BCUT2D eigenvalue weighted by Gasteiger charge is 2.50. The Bertz CT molecular complexity index is 2930. The van der Waals surface area contributed by atoms with Gasteiger partial charge in [0.15, 0.2) is 6.29 Å². The third kappa shape index (κ3) is 24.4. The van der Waals surface area contributed by atoms with E-state index < -0.39 is 89.2 Å². The number of non-ortho nitro benzene ring substituents is 2. The lowest BCUT2D eigenvalue weighted by Gasteiger charge is -2.46. The van der Waals surface area contributed by atoms with E-state index in [1.165, 1.54) is 19.1 Å². The summed E-state index contributed by atoms with van der Waals surface area (Å²) in [4.78, 5) is 77.0. The maximum Gasteiger partial charge on any atom is 0.300 e. The predicted molar refractivity (Wildman–Crippen MR) is 317 cm³/mol. The van der Waals surface area contributed by atoms with E-state index in [0.717, 1.165) is 23.6 Å². The molecule has 2 aliphatic rings. The molecule has 2 saturated heterocycles. The van der Waals surface area contributed by atoms with Crippen LogP contribution in [0.1, 0.15) is 150 Å². The van der Waals surface area contributed by atoms with Crippen molar-refractivity contribution >= 4 is 57.0 Å². The molecular weight excluding hydrogens is 1140 g/mol. The third-order valence-electron chi connectivity index (χ3n) is 13.9. The van der Waals surface area contributed by atoms with E-state index >= 15 is 0 Å². The SMILES string of the molecule is CC(=O)CC(=O)CCc1ccc(NC(=O)CCCC(=O)CC(C)(C)C)cc1.CC(C)(C)CC[C@@H]1OC(CO)[C@H](O)C(O[C@@H]2OC(CO)[C@H](O)C(O)[C@@H]2O)[C@@H]1O.CCc1ccc([N+](=O)[O-])c2nonc12.Cc1cc([N+](=O)[O-])cc([N+](=O)[O-])c1CC(C)(C)C. The van der Waals surface area contributed by atoms with Crippen LogP contribution >= 0.6 is 0 Å². The van der Waals surface area contributed by atoms with Crippen LogP contribution < -0.4 is 5.32 Å². The molecule has 1 amide bonds. The van der Waals surface area contributed by atoms with Crippen molar-refractivity contribution in [3.05, 3.63) is 101 Å². The van der Waals surface area contributed by atoms with E-state index in [-0.39, 0.29) is 68.5 Å². The molecular formula is C60H88N6O21. The van der Waals surface area contributed by atoms with E-state index in [9.17, 15) is 85.3 Å². The average Bonchev–Trinajstić information content (AvgIpc) is 2.25. The normalized spacial score (nSPS) is 22.1. The molecule has 27 heteroatoms. The number of hydrogen-bond acceptors (Lipinski definition) is 23. The fourth-order valence-electron chi connectivity index (χ4n) is 9.37. The number of aliphatic hydroxyl groups excluding tert-OH is 7. The van der Waals surface area contributed by atoms with Crippen molar-refractivity contribution in [2.24, 2.45) is 16.2 Å². The molecule has 4 aromatic rings. The van der Waals surface area contributed by atoms with Crippen molar-refractivity contribution in [2.75, 3.05) is 18.5 Å². The highest BCUT2D eigenvalue weighted by molar-refractivity contribution is 5.98. The number of nitrogens with zero attached hydrogens (tertiary/aromatic N) is 5. The summed E-state index contributed by atoms with van der Waals surface area (Å²) in [6.07, 6.45) is -8.12. The van der Waals surface area contributed by atoms with Gasteiger partial charge in [-0.25, -0.2) is 4.63 Å². The number of amides is 1. The van der Waals surface area contributed by atoms with Gasteiger partial charge in [0, 0.05) is 49.1 Å². The molecule has 87 heavy (non-hydrogen) atoms. The molecule has 0 aliphatic carbocycles. The zero-order valence-electron chi connectivity index (χ0n) is 51.7. The lowest BCUT2D eigenvalue weighted by atomic mass is 9.85. The van der Waals surface area contributed by atoms with E-state index in [4.69, 9.17) is 14.2 Å². The van der Waals surface area contributed by atoms with Crippen molar-refractivity contribution in [1.82, 2.24) is 10.3 Å². The van der Waals surface area contributed by atoms with Crippen molar-refractivity contribution in [3.8, 4) is 0 Å². The molecule has 6 rings (SSSR count). The number of aryl methyl sites for hydroxylation is 3. The van der Waals surface area contributed by atoms with Crippen LogP contribution in [0, 0.1) is 53.5 Å². The monoisotopic (exact) mass is 1230 g/mol. The molecule has 0 spiro atoms. The summed E-state index contributed by atoms with van der Waals surface area (Å²) in [5, 5.41) is 112. The minimum Gasteiger partial charge on any atom is -0.394 e. The Morgan fingerprint density at radius 3 is 1.78 bits per heavy atom. The minimum absolute atomic E-state index is 0.00754. The summed E-state index contributed by atoms with van der Waals surface area (Å²) in [6.45, 7) is 22.0. The van der Waals surface area contributed by atoms with Crippen molar-refractivity contribution in [3.63, 3.8) is 0 Å². The number of benzene rings is 3. The Balaban J connectivity index is 0.000000313. The lowest BCUT2D eigenvalue weighted by Crippen LogP contribution is -2.64. The number of rotatable bonds is 22. The fraction of sp³-hybridized carbons (Fsp3) is 0.633. The van der Waals surface area contributed by atoms with E-state index in [0.29, 0.717) is 80.1 Å². The molecule has 0 saturated carbocycles. The van der Waals surface area contributed by atoms with Gasteiger partial charge in [-0.3, -0.25) is 49.5 Å². The first-order valence-corrected chi connectivity index (χ1v) is 28.7. The molecule has 2 aliphatic heterocycles. The summed E-state index contributed by atoms with van der Waals surface area (Å²) in [7, 11) is 0. The quantitative estimate of drug-likeness (QED) is 0.0226. The summed E-state index contributed by atoms with van der Waals surface area (Å²) in [5.41, 5.74) is 3.78. The third-order valence-corrected chi connectivity index (χ3v) is 13.9. The van der Waals surface area contributed by atoms with E-state index in [2.05, 4.69) is 20.3 Å². The molecule has 3 aromatic carbocycles. The van der Waals surface area contributed by atoms with Gasteiger partial charge in [0.1, 0.15) is 71.7 Å². The number of nitrogens with one attached hydrogen (secondary N) is 1. The smallest absolute Gasteiger partial charge is 0.300 e. The number of ketones is 3. The number of aliphatic hydroxyl groups is 7. The number of anilines is 1. The minimum atomic E-state index is -1.67. The average molecular weight is 1230 g/mol. The van der Waals surface area contributed by atoms with Crippen molar-refractivity contribution in [2.45, 2.75) is 215 Å². The molecule has 10 atom stereocenters. The van der Waals surface area contributed by atoms with Crippen LogP contribution in [0.25, 0.3) is 11.0 Å². The van der Waals surface area contributed by atoms with Gasteiger partial charge in [-0.2, -0.15) is 0 Å². The largest absolute Gasteiger partial charge is 0.394 e. The van der Waals surface area contributed by atoms with Gasteiger partial charge in [-0.15, -0.1) is 0 Å². The van der Waals surface area contributed by atoms with Gasteiger partial charge in [0.05, 0.1) is 46.6 Å². The van der Waals surface area contributed by atoms with Gasteiger partial charge >= 0.3 is 5.69 Å². The van der Waals surface area contributed by atoms with Crippen LogP contribution in [0.5, 0.6) is 0 Å². The number of nitro groups is 3. The molecule has 1 aromatic heterocycles. The Morgan fingerprint density at radius 1 is 0.667 bits per heavy atom. The van der Waals surface area contributed by atoms with Crippen molar-refractivity contribution < 1.29 is 88.5 Å². The second kappa shape index (κ2) is 33.6. The maximum atomic E-state index is 12.0. The Hall–Kier alpha value is -6.66. The first-order chi connectivity index (χ1) is 40.4. The summed E-state index contributed by atoms with van der Waals surface area (Å²) >= 11 is 0. The second-order valence-electron chi connectivity index (χ2n) is 25.4. The molecule has 484 valence electrons. The fourth-order valence-corrected chi connectivity index (χ4v) is 9.37. The standard InChI is InChI=1S/C22H31NO4.C18H34O10.C12H16N2O4.C8H7N3O3/c1-16(24)14-19(25)13-10-17-8-11-18(12-9-17)23-21(27)7-5-6-20(26)15-22(2,3)4;1-18(2,3)5-4-8-12(22)16(13(23)10(7-20)26-8)28-17-15(25)14(24)11(21)9(6-19)27-17;1-8-5-9(13(15)16)6-11(14(17)18)10(8)7-12(2,3)4;1-2-5-3-4-6(11(12)13)8-7(5)9-14-10-8/h8-9,11-12H,5-7,10,13-15H2,1-4H3,(H,23,27);8-17,19-25H,4-7H2,1-3H3;5-6H,7H2,1-4H3;3-4H,2H2,1H3/t;8-,9?,10?,11-,12+,13-,14?,15-,16?,17-;;/m.0../s1. The number of aromatic nitrogens is 2. The Morgan fingerprint density at radius 2 is 1.25 bits per heavy atom. The number of hydrogen-bond donors (Lipinski definition) is 8. The molecule has 8 N–H and O–H groups in total. The van der Waals surface area contributed by atoms with Crippen LogP contribution in [0.2, 0.25) is 0 Å². The number of Topliss-reactive ketones (excluding diaryl/α,β-unsaturated/α-hetero) is 3. The first-order valence-electron chi connectivity index (χ1n) is 28.7. The number of carbonyl (C=O) groups excluding carboxylic acids is 4. The molecule has 0 bridgehead atoms. The van der Waals surface area contributed by atoms with Gasteiger partial charge < -0.3 is 55.3 Å². The predicted octanol–water partition coefficient (Wildman–Crippen LogP) is 6.85. The summed E-state index contributed by atoms with van der Waals surface area (Å²) in [5.74, 6) is -0.0824. The second-order valence-corrected chi connectivity index (χ2v) is 25.4. The lowest BCUT2D eigenvalue weighted by molar-refractivity contribution is -0.394. The molecule has 4 unspecified atom stereocenters. The van der Waals surface area contributed by atoms with Crippen LogP contribution in [0.15, 0.2) is 53.2 Å². The topological polar surface area (TPSA) is 418 Å². The molecule has 2 fully saturated rings. The Labute approximate surface area is 505 Å². The zero-order valence-corrected chi connectivity index (χ0v) is 51.7. The van der Waals surface area contributed by atoms with Crippen LogP contribution in [-0.2, 0) is 52.7 Å². The van der Waals surface area contributed by atoms with E-state index in [1.54, 1.807) is 25.1 Å². The van der Waals surface area contributed by atoms with Gasteiger partial charge in [-0.1, -0.05) is 81.4 Å². The van der Waals surface area contributed by atoms with Gasteiger partial charge in [0.25, 0.3) is 11.4 Å². The van der Waals surface area contributed by atoms with Crippen molar-refractivity contribution in [1.29, 1.82) is 0 Å². The number of carbonyl (C=O) groups is 4. The zero-order chi connectivity index (χ0) is 65.9. The maximum absolute atomic E-state index is 12.0. The number of nitro benzene ring substituents is 3. The summed E-state index contributed by atoms with van der Waals surface area (Å²) < 4.78 is 21.0. The summed E-state index contributed by atoms with van der Waals surface area (Å²) in [6, 6.07) is 12.8. The Kier molecular flexibility index (Phi) is 28.8. The molecule has 27 nitrogen and oxygen atoms in total. The first kappa shape index (κ1) is 74.6. The van der Waals surface area contributed by atoms with Gasteiger partial charge in [0.2, 0.25) is 11.4 Å². The number of ether oxygens (including phenoxy) is 3.